The van der Waals surface area contributed by atoms with Gasteiger partial charge in [-0.3, -0.25) is 0 Å². The van der Waals surface area contributed by atoms with E-state index in [9.17, 15) is 9.65 Å². The highest BCUT2D eigenvalue weighted by Crippen LogP contribution is 2.42. The number of benzene rings is 1. The van der Waals surface area contributed by atoms with E-state index in [1.54, 1.807) is 36.9 Å². The molecule has 29 heavy (non-hydrogen) atoms. The fourth-order valence-electron chi connectivity index (χ4n) is 3.14. The van der Waals surface area contributed by atoms with Crippen molar-refractivity contribution in [3.8, 4) is 29.0 Å². The van der Waals surface area contributed by atoms with Gasteiger partial charge in [0.15, 0.2) is 11.6 Å². The Kier molecular flexibility index (Phi) is 4.64. The molecule has 0 radical (unpaired) electrons. The van der Waals surface area contributed by atoms with Crippen molar-refractivity contribution >= 4 is 32.7 Å². The molecule has 3 aromatic heterocycles. The van der Waals surface area contributed by atoms with Crippen molar-refractivity contribution < 1.29 is 9.13 Å². The summed E-state index contributed by atoms with van der Waals surface area (Å²) >= 11 is 3.53. The minimum absolute atomic E-state index is 0.000444. The zero-order valence-corrected chi connectivity index (χ0v) is 17.0. The molecule has 0 spiro atoms. The molecule has 7 nitrogen and oxygen atoms in total. The number of nitrogens with zero attached hydrogens (tertiary/aromatic N) is 5. The fraction of sp³-hybridized carbons (Fsp3) is 0.100. The Hall–Kier alpha value is -3.51. The van der Waals surface area contributed by atoms with Crippen molar-refractivity contribution in [3.05, 3.63) is 58.3 Å². The van der Waals surface area contributed by atoms with Gasteiger partial charge in [0.05, 0.1) is 21.1 Å². The standard InChI is InChI=1S/C20H14BrFN6O/c1-10-5-6-25-20(27-10)29-14-4-3-11(7-13(14)22)15-16-17(28(2)18(15)21)12(8-23)9-26-19(16)24/h3-7,9H,1-2H3,(H2,24,26). The topological polar surface area (TPSA) is 103 Å². The van der Waals surface area contributed by atoms with Crippen molar-refractivity contribution in [2.45, 2.75) is 6.92 Å². The van der Waals surface area contributed by atoms with Gasteiger partial charge in [-0.25, -0.2) is 19.3 Å². The van der Waals surface area contributed by atoms with Crippen LogP contribution in [0.4, 0.5) is 10.2 Å². The number of aryl methyl sites for hydroxylation is 2. The van der Waals surface area contributed by atoms with E-state index in [1.807, 2.05) is 0 Å². The summed E-state index contributed by atoms with van der Waals surface area (Å²) in [7, 11) is 1.79. The summed E-state index contributed by atoms with van der Waals surface area (Å²) in [5.74, 6) is -0.330. The molecule has 3 heterocycles. The summed E-state index contributed by atoms with van der Waals surface area (Å²) in [6, 6.07) is 8.44. The molecular formula is C20H14BrFN6O. The maximum Gasteiger partial charge on any atom is 0.322 e. The third-order valence-corrected chi connectivity index (χ3v) is 5.41. The third kappa shape index (κ3) is 3.17. The predicted molar refractivity (Wildman–Crippen MR) is 110 cm³/mol. The molecule has 0 amide bonds. The molecule has 4 rings (SSSR count). The van der Waals surface area contributed by atoms with Crippen molar-refractivity contribution in [1.29, 1.82) is 5.26 Å². The van der Waals surface area contributed by atoms with Crippen LogP contribution >= 0.6 is 15.9 Å². The van der Waals surface area contributed by atoms with Crippen LogP contribution in [0.1, 0.15) is 11.3 Å². The second kappa shape index (κ2) is 7.14. The van der Waals surface area contributed by atoms with Crippen molar-refractivity contribution in [2.24, 2.45) is 7.05 Å². The molecule has 1 aromatic carbocycles. The molecule has 144 valence electrons. The zero-order valence-electron chi connectivity index (χ0n) is 15.4. The lowest BCUT2D eigenvalue weighted by atomic mass is 10.0. The van der Waals surface area contributed by atoms with Gasteiger partial charge in [-0.05, 0) is 46.6 Å². The van der Waals surface area contributed by atoms with E-state index in [4.69, 9.17) is 10.5 Å². The maximum atomic E-state index is 14.8. The summed E-state index contributed by atoms with van der Waals surface area (Å²) in [6.07, 6.45) is 2.97. The number of nitrogen functional groups attached to an aromatic ring is 1. The summed E-state index contributed by atoms with van der Waals surface area (Å²) in [6.45, 7) is 1.79. The Morgan fingerprint density at radius 1 is 1.28 bits per heavy atom. The highest BCUT2D eigenvalue weighted by atomic mass is 79.9. The van der Waals surface area contributed by atoms with E-state index in [-0.39, 0.29) is 17.6 Å². The molecule has 2 N–H and O–H groups in total. The number of pyridine rings is 1. The Balaban J connectivity index is 1.84. The molecular weight excluding hydrogens is 439 g/mol. The molecule has 0 aliphatic rings. The summed E-state index contributed by atoms with van der Waals surface area (Å²) in [5, 5.41) is 9.99. The van der Waals surface area contributed by atoms with E-state index in [0.717, 1.165) is 0 Å². The van der Waals surface area contributed by atoms with Crippen LogP contribution in [0.2, 0.25) is 0 Å². The molecule has 0 saturated carbocycles. The Labute approximate surface area is 173 Å². The quantitative estimate of drug-likeness (QED) is 0.491. The van der Waals surface area contributed by atoms with Crippen LogP contribution in [-0.2, 0) is 7.05 Å². The number of nitrogens with two attached hydrogens (primary N) is 1. The number of fused-ring (bicyclic) bond motifs is 1. The van der Waals surface area contributed by atoms with Crippen molar-refractivity contribution in [2.75, 3.05) is 5.73 Å². The minimum atomic E-state index is -0.584. The van der Waals surface area contributed by atoms with Gasteiger partial charge < -0.3 is 15.0 Å². The smallest absolute Gasteiger partial charge is 0.322 e. The SMILES string of the molecule is Cc1ccnc(Oc2ccc(-c3c(Br)n(C)c4c(C#N)cnc(N)c34)cc2F)n1. The average Bonchev–Trinajstić information content (AvgIpc) is 2.96. The van der Waals surface area contributed by atoms with E-state index >= 15 is 0 Å². The Morgan fingerprint density at radius 3 is 2.76 bits per heavy atom. The van der Waals surface area contributed by atoms with Gasteiger partial charge >= 0.3 is 6.01 Å². The van der Waals surface area contributed by atoms with Gasteiger partial charge in [-0.2, -0.15) is 5.26 Å². The van der Waals surface area contributed by atoms with E-state index in [1.165, 1.54) is 18.3 Å². The van der Waals surface area contributed by atoms with Crippen LogP contribution in [0.25, 0.3) is 22.0 Å². The van der Waals surface area contributed by atoms with Crippen LogP contribution in [0.3, 0.4) is 0 Å². The lowest BCUT2D eigenvalue weighted by Crippen LogP contribution is -1.96. The number of aromatic nitrogens is 4. The number of rotatable bonds is 3. The van der Waals surface area contributed by atoms with Gasteiger partial charge in [0.1, 0.15) is 11.9 Å². The molecule has 0 atom stereocenters. The second-order valence-electron chi connectivity index (χ2n) is 6.35. The number of ether oxygens (including phenoxy) is 1. The second-order valence-corrected chi connectivity index (χ2v) is 7.10. The molecule has 0 bridgehead atoms. The molecule has 0 fully saturated rings. The molecule has 4 aromatic rings. The highest BCUT2D eigenvalue weighted by molar-refractivity contribution is 9.10. The number of hydrogen-bond donors (Lipinski definition) is 1. The summed E-state index contributed by atoms with van der Waals surface area (Å²) < 4.78 is 22.7. The van der Waals surface area contributed by atoms with Gasteiger partial charge in [-0.1, -0.05) is 6.07 Å². The largest absolute Gasteiger partial charge is 0.421 e. The first-order valence-corrected chi connectivity index (χ1v) is 9.30. The molecule has 0 aliphatic heterocycles. The van der Waals surface area contributed by atoms with E-state index in [2.05, 4.69) is 37.0 Å². The first kappa shape index (κ1) is 18.8. The third-order valence-electron chi connectivity index (χ3n) is 4.48. The maximum absolute atomic E-state index is 14.8. The summed E-state index contributed by atoms with van der Waals surface area (Å²) in [4.78, 5) is 12.2. The molecule has 0 saturated heterocycles. The van der Waals surface area contributed by atoms with E-state index in [0.29, 0.717) is 37.9 Å². The highest BCUT2D eigenvalue weighted by Gasteiger charge is 2.22. The number of nitriles is 1. The van der Waals surface area contributed by atoms with Gasteiger partial charge in [0, 0.05) is 30.7 Å². The normalized spacial score (nSPS) is 10.9. The molecule has 0 aliphatic carbocycles. The van der Waals surface area contributed by atoms with Crippen LogP contribution in [0, 0.1) is 24.1 Å². The predicted octanol–water partition coefficient (Wildman–Crippen LogP) is 4.49. The Morgan fingerprint density at radius 2 is 2.07 bits per heavy atom. The van der Waals surface area contributed by atoms with Gasteiger partial charge in [0.2, 0.25) is 0 Å². The average molecular weight is 453 g/mol. The molecule has 0 unspecified atom stereocenters. The number of halogens is 2. The lowest BCUT2D eigenvalue weighted by molar-refractivity contribution is 0.410. The lowest BCUT2D eigenvalue weighted by Gasteiger charge is -2.08. The van der Waals surface area contributed by atoms with Gasteiger partial charge in [0.25, 0.3) is 0 Å². The minimum Gasteiger partial charge on any atom is -0.421 e. The number of anilines is 1. The van der Waals surface area contributed by atoms with Crippen LogP contribution < -0.4 is 10.5 Å². The zero-order chi connectivity index (χ0) is 20.7. The van der Waals surface area contributed by atoms with Crippen molar-refractivity contribution in [1.82, 2.24) is 19.5 Å². The first-order chi connectivity index (χ1) is 13.9. The fourth-order valence-corrected chi connectivity index (χ4v) is 3.74. The number of hydrogen-bond acceptors (Lipinski definition) is 6. The molecule has 9 heteroatoms. The van der Waals surface area contributed by atoms with Crippen LogP contribution in [-0.4, -0.2) is 19.5 Å². The monoisotopic (exact) mass is 452 g/mol. The first-order valence-electron chi connectivity index (χ1n) is 8.50. The van der Waals surface area contributed by atoms with Gasteiger partial charge in [-0.15, -0.1) is 0 Å². The summed E-state index contributed by atoms with van der Waals surface area (Å²) in [5.41, 5.74) is 9.00. The van der Waals surface area contributed by atoms with Crippen LogP contribution in [0.15, 0.2) is 41.3 Å². The van der Waals surface area contributed by atoms with Crippen LogP contribution in [0.5, 0.6) is 11.8 Å². The van der Waals surface area contributed by atoms with Crippen molar-refractivity contribution in [3.63, 3.8) is 0 Å². The Bertz CT molecular complexity index is 1310. The van der Waals surface area contributed by atoms with E-state index < -0.39 is 5.82 Å².